The predicted octanol–water partition coefficient (Wildman–Crippen LogP) is 1.73. The Morgan fingerprint density at radius 2 is 1.71 bits per heavy atom. The molecule has 4 amide bonds. The largest absolute Gasteiger partial charge is 0.347 e. The molecule has 2 heterocycles. The van der Waals surface area contributed by atoms with Crippen molar-refractivity contribution in [3.63, 3.8) is 0 Å². The van der Waals surface area contributed by atoms with E-state index in [-0.39, 0.29) is 30.1 Å². The maximum Gasteiger partial charge on any atom is 0.314 e. The number of nitrogens with zero attached hydrogens (tertiary/aromatic N) is 3. The van der Waals surface area contributed by atoms with Gasteiger partial charge >= 0.3 is 11.8 Å². The zero-order chi connectivity index (χ0) is 25.4. The minimum atomic E-state index is -0.999. The van der Waals surface area contributed by atoms with E-state index in [1.54, 1.807) is 26.5 Å². The van der Waals surface area contributed by atoms with Gasteiger partial charge in [0.25, 0.3) is 0 Å². The molecule has 1 atom stereocenters. The van der Waals surface area contributed by atoms with Crippen LogP contribution in [0.2, 0.25) is 5.02 Å². The van der Waals surface area contributed by atoms with Crippen LogP contribution in [0, 0.1) is 5.92 Å². The zero-order valence-corrected chi connectivity index (χ0v) is 20.4. The Morgan fingerprint density at radius 3 is 2.31 bits per heavy atom. The summed E-state index contributed by atoms with van der Waals surface area (Å²) in [6.07, 6.45) is 8.00. The number of aromatic nitrogens is 2. The lowest BCUT2D eigenvalue weighted by atomic mass is 9.78. The lowest BCUT2D eigenvalue weighted by Gasteiger charge is -2.30. The van der Waals surface area contributed by atoms with Crippen LogP contribution in [0.4, 0.5) is 5.82 Å². The molecule has 0 spiro atoms. The third-order valence-electron chi connectivity index (χ3n) is 5.97. The first kappa shape index (κ1) is 26.1. The van der Waals surface area contributed by atoms with Gasteiger partial charge in [-0.25, -0.2) is 4.98 Å². The lowest BCUT2D eigenvalue weighted by molar-refractivity contribution is -0.138. The van der Waals surface area contributed by atoms with E-state index in [0.29, 0.717) is 23.8 Å². The Morgan fingerprint density at radius 1 is 1.03 bits per heavy atom. The number of nitrogens with one attached hydrogen (secondary N) is 3. The monoisotopic (exact) mass is 500 g/mol. The van der Waals surface area contributed by atoms with E-state index in [2.05, 4.69) is 25.9 Å². The molecule has 0 aliphatic heterocycles. The van der Waals surface area contributed by atoms with Crippen LogP contribution >= 0.6 is 11.6 Å². The first-order valence-corrected chi connectivity index (χ1v) is 11.7. The van der Waals surface area contributed by atoms with E-state index >= 15 is 0 Å². The Kier molecular flexibility index (Phi) is 9.13. The van der Waals surface area contributed by atoms with Crippen LogP contribution in [0.5, 0.6) is 0 Å². The number of anilines is 1. The molecule has 35 heavy (non-hydrogen) atoms. The van der Waals surface area contributed by atoms with Crippen LogP contribution in [0.3, 0.4) is 0 Å². The highest BCUT2D eigenvalue weighted by Gasteiger charge is 2.31. The smallest absolute Gasteiger partial charge is 0.314 e. The molecule has 1 unspecified atom stereocenters. The van der Waals surface area contributed by atoms with Crippen LogP contribution in [0.1, 0.15) is 37.2 Å². The van der Waals surface area contributed by atoms with Crippen LogP contribution in [-0.2, 0) is 19.2 Å². The summed E-state index contributed by atoms with van der Waals surface area (Å²) >= 11 is 5.76. The van der Waals surface area contributed by atoms with Gasteiger partial charge in [-0.2, -0.15) is 0 Å². The van der Waals surface area contributed by atoms with Crippen molar-refractivity contribution in [1.29, 1.82) is 0 Å². The fourth-order valence-corrected chi connectivity index (χ4v) is 4.14. The highest BCUT2D eigenvalue weighted by atomic mass is 35.5. The van der Waals surface area contributed by atoms with Gasteiger partial charge in [-0.1, -0.05) is 11.6 Å². The standard InChI is InChI=1S/C24H29ClN6O4/c1-31(2)24(35)19(14-28-22(33)23(34)30-20-8-7-18(25)13-27-20)29-21(32)17-5-3-15(4-6-17)16-9-11-26-12-10-16/h7-13,15,17,19H,3-6,14H2,1-2H3,(H,28,33)(H,29,32)(H,27,30,34). The third kappa shape index (κ3) is 7.48. The van der Waals surface area contributed by atoms with Crippen molar-refractivity contribution in [2.24, 2.45) is 5.92 Å². The average Bonchev–Trinajstić information content (AvgIpc) is 2.87. The van der Waals surface area contributed by atoms with Crippen LogP contribution in [0.15, 0.2) is 42.9 Å². The molecule has 3 rings (SSSR count). The normalized spacial score (nSPS) is 18.1. The van der Waals surface area contributed by atoms with Crippen molar-refractivity contribution in [2.45, 2.75) is 37.6 Å². The minimum absolute atomic E-state index is 0.158. The molecule has 11 heteroatoms. The van der Waals surface area contributed by atoms with E-state index in [4.69, 9.17) is 11.6 Å². The first-order chi connectivity index (χ1) is 16.7. The van der Waals surface area contributed by atoms with E-state index < -0.39 is 17.9 Å². The topological polar surface area (TPSA) is 133 Å². The maximum atomic E-state index is 12.9. The molecule has 3 N–H and O–H groups in total. The number of carbonyl (C=O) groups is 4. The number of carbonyl (C=O) groups excluding carboxylic acids is 4. The Bertz CT molecular complexity index is 1040. The third-order valence-corrected chi connectivity index (χ3v) is 6.20. The second-order valence-electron chi connectivity index (χ2n) is 8.65. The minimum Gasteiger partial charge on any atom is -0.347 e. The second-order valence-corrected chi connectivity index (χ2v) is 9.09. The van der Waals surface area contributed by atoms with Crippen LogP contribution in [0.25, 0.3) is 0 Å². The molecular formula is C24H29ClN6O4. The number of pyridine rings is 2. The van der Waals surface area contributed by atoms with Crippen LogP contribution < -0.4 is 16.0 Å². The van der Waals surface area contributed by atoms with Gasteiger partial charge in [0.15, 0.2) is 0 Å². The quantitative estimate of drug-likeness (QED) is 0.496. The van der Waals surface area contributed by atoms with Crippen molar-refractivity contribution in [3.05, 3.63) is 53.4 Å². The van der Waals surface area contributed by atoms with Gasteiger partial charge in [0.1, 0.15) is 11.9 Å². The number of rotatable bonds is 7. The van der Waals surface area contributed by atoms with E-state index in [0.717, 1.165) is 12.8 Å². The molecule has 1 fully saturated rings. The summed E-state index contributed by atoms with van der Waals surface area (Å²) in [5.41, 5.74) is 1.22. The molecule has 186 valence electrons. The molecular weight excluding hydrogens is 472 g/mol. The van der Waals surface area contributed by atoms with Gasteiger partial charge in [0.05, 0.1) is 5.02 Å². The molecule has 2 aromatic rings. The summed E-state index contributed by atoms with van der Waals surface area (Å²) in [6, 6.07) is 5.97. The summed E-state index contributed by atoms with van der Waals surface area (Å²) in [4.78, 5) is 59.2. The highest BCUT2D eigenvalue weighted by Crippen LogP contribution is 2.35. The predicted molar refractivity (Wildman–Crippen MR) is 130 cm³/mol. The number of hydrogen-bond acceptors (Lipinski definition) is 6. The Balaban J connectivity index is 1.53. The van der Waals surface area contributed by atoms with Crippen molar-refractivity contribution >= 4 is 41.0 Å². The number of amides is 4. The number of hydrogen-bond donors (Lipinski definition) is 3. The van der Waals surface area contributed by atoms with Gasteiger partial charge in [-0.3, -0.25) is 24.2 Å². The Hall–Kier alpha value is -3.53. The van der Waals surface area contributed by atoms with E-state index in [1.165, 1.54) is 28.8 Å². The van der Waals surface area contributed by atoms with Gasteiger partial charge in [0.2, 0.25) is 11.8 Å². The van der Waals surface area contributed by atoms with Gasteiger partial charge in [-0.05, 0) is 61.4 Å². The Labute approximate surface area is 208 Å². The van der Waals surface area contributed by atoms with Crippen molar-refractivity contribution < 1.29 is 19.2 Å². The molecule has 1 aliphatic rings. The molecule has 0 bridgehead atoms. The fraction of sp³-hybridized carbons (Fsp3) is 0.417. The summed E-state index contributed by atoms with van der Waals surface area (Å²) in [5, 5.41) is 7.91. The second kappa shape index (κ2) is 12.3. The average molecular weight is 501 g/mol. The molecule has 2 aromatic heterocycles. The number of likely N-dealkylation sites (N-methyl/N-ethyl adjacent to an activating group) is 1. The summed E-state index contributed by atoms with van der Waals surface area (Å²) in [7, 11) is 3.12. The first-order valence-electron chi connectivity index (χ1n) is 11.4. The van der Waals surface area contributed by atoms with Crippen molar-refractivity contribution in [2.75, 3.05) is 26.0 Å². The number of halogens is 1. The molecule has 0 saturated heterocycles. The SMILES string of the molecule is CN(C)C(=O)C(CNC(=O)C(=O)Nc1ccc(Cl)cn1)NC(=O)C1CCC(c2ccncc2)CC1. The van der Waals surface area contributed by atoms with Crippen molar-refractivity contribution in [3.8, 4) is 0 Å². The molecule has 1 aliphatic carbocycles. The highest BCUT2D eigenvalue weighted by molar-refractivity contribution is 6.39. The van der Waals surface area contributed by atoms with E-state index in [9.17, 15) is 19.2 Å². The van der Waals surface area contributed by atoms with Gasteiger partial charge in [0, 0.05) is 45.1 Å². The van der Waals surface area contributed by atoms with E-state index in [1.807, 2.05) is 12.1 Å². The van der Waals surface area contributed by atoms with Crippen molar-refractivity contribution in [1.82, 2.24) is 25.5 Å². The molecule has 0 radical (unpaired) electrons. The van der Waals surface area contributed by atoms with Gasteiger partial charge in [-0.15, -0.1) is 0 Å². The molecule has 0 aromatic carbocycles. The van der Waals surface area contributed by atoms with Crippen LogP contribution in [-0.4, -0.2) is 65.2 Å². The summed E-state index contributed by atoms with van der Waals surface area (Å²) < 4.78 is 0. The molecule has 10 nitrogen and oxygen atoms in total. The zero-order valence-electron chi connectivity index (χ0n) is 19.7. The van der Waals surface area contributed by atoms with Gasteiger partial charge < -0.3 is 20.9 Å². The fourth-order valence-electron chi connectivity index (χ4n) is 4.02. The maximum absolute atomic E-state index is 12.9. The summed E-state index contributed by atoms with van der Waals surface area (Å²) in [5.74, 6) is -2.20. The molecule has 1 saturated carbocycles. The lowest BCUT2D eigenvalue weighted by Crippen LogP contribution is -2.54. The summed E-state index contributed by atoms with van der Waals surface area (Å²) in [6.45, 7) is -0.227.